The van der Waals surface area contributed by atoms with Crippen molar-refractivity contribution in [1.82, 2.24) is 15.5 Å². The molecule has 112 valence electrons. The molecule has 0 aliphatic rings. The zero-order valence-corrected chi connectivity index (χ0v) is 12.6. The van der Waals surface area contributed by atoms with Crippen molar-refractivity contribution in [3.63, 3.8) is 0 Å². The summed E-state index contributed by atoms with van der Waals surface area (Å²) >= 11 is 5.97. The van der Waals surface area contributed by atoms with E-state index in [1.807, 2.05) is 6.92 Å². The molecule has 0 fully saturated rings. The second-order valence-electron chi connectivity index (χ2n) is 4.81. The summed E-state index contributed by atoms with van der Waals surface area (Å²) in [6.45, 7) is 3.86. The highest BCUT2D eigenvalue weighted by molar-refractivity contribution is 6.30. The van der Waals surface area contributed by atoms with Gasteiger partial charge >= 0.3 is 0 Å². The number of nitrogens with one attached hydrogen (secondary N) is 1. The molecule has 0 aliphatic heterocycles. The molecule has 1 heterocycles. The standard InChI is InChI=1S/C14H17ClN4O2/c1-3-11-18-12(21-19-11)8-17-14(2,13(16)20)9-5-4-6-10(15)7-9/h4-7,17H,3,8H2,1-2H3,(H2,16,20). The summed E-state index contributed by atoms with van der Waals surface area (Å²) in [5, 5.41) is 7.40. The average molecular weight is 309 g/mol. The Morgan fingerprint density at radius 1 is 1.52 bits per heavy atom. The van der Waals surface area contributed by atoms with E-state index in [1.54, 1.807) is 31.2 Å². The smallest absolute Gasteiger partial charge is 0.242 e. The number of benzene rings is 1. The molecule has 2 rings (SSSR count). The maximum atomic E-state index is 11.9. The van der Waals surface area contributed by atoms with Crippen molar-refractivity contribution in [3.05, 3.63) is 46.6 Å². The van der Waals surface area contributed by atoms with Crippen LogP contribution in [0.15, 0.2) is 28.8 Å². The van der Waals surface area contributed by atoms with E-state index in [9.17, 15) is 4.79 Å². The van der Waals surface area contributed by atoms with Crippen molar-refractivity contribution < 1.29 is 9.32 Å². The molecule has 1 unspecified atom stereocenters. The van der Waals surface area contributed by atoms with Gasteiger partial charge in [0.2, 0.25) is 11.8 Å². The second-order valence-corrected chi connectivity index (χ2v) is 5.25. The third kappa shape index (κ3) is 3.40. The first-order valence-electron chi connectivity index (χ1n) is 6.58. The van der Waals surface area contributed by atoms with E-state index in [-0.39, 0.29) is 6.54 Å². The molecule has 0 aliphatic carbocycles. The van der Waals surface area contributed by atoms with Crippen LogP contribution in [-0.2, 0) is 23.3 Å². The van der Waals surface area contributed by atoms with E-state index >= 15 is 0 Å². The molecule has 0 saturated carbocycles. The van der Waals surface area contributed by atoms with Gasteiger partial charge in [0, 0.05) is 11.4 Å². The Hall–Kier alpha value is -1.92. The summed E-state index contributed by atoms with van der Waals surface area (Å²) in [6.07, 6.45) is 0.685. The predicted molar refractivity (Wildman–Crippen MR) is 78.5 cm³/mol. The topological polar surface area (TPSA) is 94.0 Å². The number of aryl methyl sites for hydroxylation is 1. The van der Waals surface area contributed by atoms with Gasteiger partial charge in [-0.05, 0) is 24.6 Å². The Labute approximate surface area is 127 Å². The first-order chi connectivity index (χ1) is 9.95. The van der Waals surface area contributed by atoms with Gasteiger partial charge in [0.25, 0.3) is 0 Å². The maximum Gasteiger partial charge on any atom is 0.242 e. The zero-order chi connectivity index (χ0) is 15.5. The highest BCUT2D eigenvalue weighted by Gasteiger charge is 2.33. The number of nitrogens with zero attached hydrogens (tertiary/aromatic N) is 2. The molecule has 1 aromatic carbocycles. The van der Waals surface area contributed by atoms with Crippen LogP contribution in [0.4, 0.5) is 0 Å². The Morgan fingerprint density at radius 3 is 2.86 bits per heavy atom. The zero-order valence-electron chi connectivity index (χ0n) is 11.9. The number of carbonyl (C=O) groups excluding carboxylic acids is 1. The van der Waals surface area contributed by atoms with Crippen molar-refractivity contribution in [2.45, 2.75) is 32.4 Å². The van der Waals surface area contributed by atoms with E-state index in [2.05, 4.69) is 15.5 Å². The molecule has 1 aromatic heterocycles. The fourth-order valence-corrected chi connectivity index (χ4v) is 2.08. The minimum absolute atomic E-state index is 0.235. The SMILES string of the molecule is CCc1noc(CNC(C)(C(N)=O)c2cccc(Cl)c2)n1. The molecular weight excluding hydrogens is 292 g/mol. The Balaban J connectivity index is 2.20. The second kappa shape index (κ2) is 6.24. The normalized spacial score (nSPS) is 13.9. The predicted octanol–water partition coefficient (Wildman–Crippen LogP) is 1.78. The highest BCUT2D eigenvalue weighted by atomic mass is 35.5. The van der Waals surface area contributed by atoms with Crippen LogP contribution in [0.3, 0.4) is 0 Å². The first kappa shape index (κ1) is 15.5. The maximum absolute atomic E-state index is 11.9. The van der Waals surface area contributed by atoms with Gasteiger partial charge in [0.15, 0.2) is 5.82 Å². The number of rotatable bonds is 6. The van der Waals surface area contributed by atoms with E-state index in [1.165, 1.54) is 0 Å². The molecule has 2 aromatic rings. The quantitative estimate of drug-likeness (QED) is 0.848. The molecule has 0 saturated heterocycles. The summed E-state index contributed by atoms with van der Waals surface area (Å²) in [7, 11) is 0. The largest absolute Gasteiger partial charge is 0.368 e. The summed E-state index contributed by atoms with van der Waals surface area (Å²) < 4.78 is 5.09. The summed E-state index contributed by atoms with van der Waals surface area (Å²) in [5.41, 5.74) is 5.14. The lowest BCUT2D eigenvalue weighted by Crippen LogP contribution is -2.50. The monoisotopic (exact) mass is 308 g/mol. The minimum Gasteiger partial charge on any atom is -0.368 e. The van der Waals surface area contributed by atoms with E-state index < -0.39 is 11.4 Å². The molecular formula is C14H17ClN4O2. The van der Waals surface area contributed by atoms with Crippen LogP contribution >= 0.6 is 11.6 Å². The fraction of sp³-hybridized carbons (Fsp3) is 0.357. The molecule has 0 bridgehead atoms. The van der Waals surface area contributed by atoms with Gasteiger partial charge in [-0.3, -0.25) is 10.1 Å². The van der Waals surface area contributed by atoms with Crippen molar-refractivity contribution >= 4 is 17.5 Å². The number of hydrogen-bond acceptors (Lipinski definition) is 5. The first-order valence-corrected chi connectivity index (χ1v) is 6.96. The molecule has 0 radical (unpaired) electrons. The van der Waals surface area contributed by atoms with Gasteiger partial charge in [-0.15, -0.1) is 0 Å². The van der Waals surface area contributed by atoms with Crippen molar-refractivity contribution in [3.8, 4) is 0 Å². The average Bonchev–Trinajstić information content (AvgIpc) is 2.92. The van der Waals surface area contributed by atoms with E-state index in [4.69, 9.17) is 21.9 Å². The van der Waals surface area contributed by atoms with Crippen molar-refractivity contribution in [2.75, 3.05) is 0 Å². The van der Waals surface area contributed by atoms with Gasteiger partial charge < -0.3 is 10.3 Å². The van der Waals surface area contributed by atoms with Gasteiger partial charge in [0.1, 0.15) is 5.54 Å². The molecule has 3 N–H and O–H groups in total. The van der Waals surface area contributed by atoms with Crippen LogP contribution in [0.2, 0.25) is 5.02 Å². The van der Waals surface area contributed by atoms with Crippen molar-refractivity contribution in [1.29, 1.82) is 0 Å². The summed E-state index contributed by atoms with van der Waals surface area (Å²) in [5.74, 6) is 0.511. The fourth-order valence-electron chi connectivity index (χ4n) is 1.89. The number of primary amides is 1. The molecule has 7 heteroatoms. The van der Waals surface area contributed by atoms with Crippen LogP contribution in [0, 0.1) is 0 Å². The lowest BCUT2D eigenvalue weighted by molar-refractivity contribution is -0.124. The number of halogens is 1. The summed E-state index contributed by atoms with van der Waals surface area (Å²) in [6, 6.07) is 6.99. The van der Waals surface area contributed by atoms with Crippen LogP contribution in [0.1, 0.15) is 31.1 Å². The minimum atomic E-state index is -1.08. The van der Waals surface area contributed by atoms with Gasteiger partial charge in [-0.1, -0.05) is 35.8 Å². The number of aromatic nitrogens is 2. The summed E-state index contributed by atoms with van der Waals surface area (Å²) in [4.78, 5) is 16.0. The highest BCUT2D eigenvalue weighted by Crippen LogP contribution is 2.24. The van der Waals surface area contributed by atoms with Crippen LogP contribution in [0.25, 0.3) is 0 Å². The molecule has 1 amide bonds. The van der Waals surface area contributed by atoms with E-state index in [0.717, 1.165) is 0 Å². The Morgan fingerprint density at radius 2 is 2.29 bits per heavy atom. The molecule has 0 spiro atoms. The van der Waals surface area contributed by atoms with Crippen molar-refractivity contribution in [2.24, 2.45) is 5.73 Å². The number of nitrogens with two attached hydrogens (primary N) is 1. The Bertz CT molecular complexity index is 643. The number of hydrogen-bond donors (Lipinski definition) is 2. The third-order valence-electron chi connectivity index (χ3n) is 3.31. The number of carbonyl (C=O) groups is 1. The Kier molecular flexibility index (Phi) is 4.59. The lowest BCUT2D eigenvalue weighted by atomic mass is 9.91. The van der Waals surface area contributed by atoms with E-state index in [0.29, 0.717) is 28.7 Å². The molecule has 21 heavy (non-hydrogen) atoms. The molecule has 1 atom stereocenters. The van der Waals surface area contributed by atoms with Gasteiger partial charge in [0.05, 0.1) is 6.54 Å². The third-order valence-corrected chi connectivity index (χ3v) is 3.55. The van der Waals surface area contributed by atoms with Crippen LogP contribution in [-0.4, -0.2) is 16.0 Å². The van der Waals surface area contributed by atoms with Crippen LogP contribution in [0.5, 0.6) is 0 Å². The van der Waals surface area contributed by atoms with Crippen LogP contribution < -0.4 is 11.1 Å². The van der Waals surface area contributed by atoms with Gasteiger partial charge in [-0.25, -0.2) is 0 Å². The number of amides is 1. The van der Waals surface area contributed by atoms with Gasteiger partial charge in [-0.2, -0.15) is 4.98 Å². The molecule has 6 nitrogen and oxygen atoms in total. The lowest BCUT2D eigenvalue weighted by Gasteiger charge is -2.27.